The van der Waals surface area contributed by atoms with E-state index >= 15 is 0 Å². The van der Waals surface area contributed by atoms with Crippen LogP contribution in [0.3, 0.4) is 0 Å². The number of carbonyl (C=O) groups excluding carboxylic acids is 2. The molecule has 0 radical (unpaired) electrons. The first-order valence-electron chi connectivity index (χ1n) is 13.1. The van der Waals surface area contributed by atoms with Crippen LogP contribution in [0.25, 0.3) is 0 Å². The molecule has 0 N–H and O–H groups in total. The lowest BCUT2D eigenvalue weighted by Gasteiger charge is -2.47. The predicted octanol–water partition coefficient (Wildman–Crippen LogP) is 4.85. The van der Waals surface area contributed by atoms with Crippen LogP contribution in [0.15, 0.2) is 30.6 Å². The van der Waals surface area contributed by atoms with E-state index in [1.54, 1.807) is 28.1 Å². The molecule has 2 aliphatic heterocycles. The number of ether oxygens (including phenoxy) is 4. The normalized spacial score (nSPS) is 21.2. The Bertz CT molecular complexity index is 1130. The molecule has 200 valence electrons. The fraction of sp³-hybridized carbons (Fsp3) is 0.552. The molecular weight excluding hydrogens is 472 g/mol. The van der Waals surface area contributed by atoms with Gasteiger partial charge in [0.1, 0.15) is 6.10 Å². The molecule has 3 heterocycles. The van der Waals surface area contributed by atoms with E-state index in [0.29, 0.717) is 18.1 Å². The van der Waals surface area contributed by atoms with Crippen LogP contribution in [-0.4, -0.2) is 61.3 Å². The molecule has 8 heteroatoms. The van der Waals surface area contributed by atoms with Crippen molar-refractivity contribution >= 4 is 11.9 Å². The van der Waals surface area contributed by atoms with E-state index in [0.717, 1.165) is 31.7 Å². The van der Waals surface area contributed by atoms with Crippen molar-refractivity contribution in [1.82, 2.24) is 9.88 Å². The zero-order chi connectivity index (χ0) is 26.7. The summed E-state index contributed by atoms with van der Waals surface area (Å²) in [4.78, 5) is 32.2. The van der Waals surface area contributed by atoms with Gasteiger partial charge < -0.3 is 18.9 Å². The minimum Gasteiger partial charge on any atom is -0.493 e. The summed E-state index contributed by atoms with van der Waals surface area (Å²) >= 11 is 0. The van der Waals surface area contributed by atoms with Gasteiger partial charge in [0.15, 0.2) is 11.5 Å². The topological polar surface area (TPSA) is 87.2 Å². The molecule has 1 fully saturated rings. The molecule has 0 spiro atoms. The van der Waals surface area contributed by atoms with Gasteiger partial charge >= 0.3 is 11.9 Å². The van der Waals surface area contributed by atoms with Gasteiger partial charge in [0, 0.05) is 43.9 Å². The number of piperidine rings is 1. The van der Waals surface area contributed by atoms with Gasteiger partial charge in [0.2, 0.25) is 0 Å². The van der Waals surface area contributed by atoms with Crippen LogP contribution in [0.4, 0.5) is 0 Å². The van der Waals surface area contributed by atoms with Gasteiger partial charge in [0.25, 0.3) is 0 Å². The first kappa shape index (κ1) is 26.9. The summed E-state index contributed by atoms with van der Waals surface area (Å²) in [7, 11) is 3.30. The van der Waals surface area contributed by atoms with Crippen LogP contribution in [0.2, 0.25) is 0 Å². The monoisotopic (exact) mass is 510 g/mol. The average Bonchev–Trinajstić information content (AvgIpc) is 2.87. The Morgan fingerprint density at radius 1 is 1.00 bits per heavy atom. The van der Waals surface area contributed by atoms with Crippen LogP contribution in [0, 0.1) is 11.8 Å². The summed E-state index contributed by atoms with van der Waals surface area (Å²) < 4.78 is 22.5. The van der Waals surface area contributed by atoms with Gasteiger partial charge in [-0.25, -0.2) is 9.59 Å². The van der Waals surface area contributed by atoms with Gasteiger partial charge in [-0.1, -0.05) is 13.8 Å². The van der Waals surface area contributed by atoms with Crippen molar-refractivity contribution in [2.24, 2.45) is 11.8 Å². The van der Waals surface area contributed by atoms with E-state index in [9.17, 15) is 9.59 Å². The Kier molecular flexibility index (Phi) is 8.37. The number of rotatable bonds is 8. The lowest BCUT2D eigenvalue weighted by Crippen LogP contribution is -2.49. The summed E-state index contributed by atoms with van der Waals surface area (Å²) in [5, 5.41) is 0. The molecule has 1 saturated heterocycles. The smallest absolute Gasteiger partial charge is 0.340 e. The molecule has 2 aromatic rings. The highest BCUT2D eigenvalue weighted by Crippen LogP contribution is 2.44. The van der Waals surface area contributed by atoms with Gasteiger partial charge in [-0.2, -0.15) is 0 Å². The Balaban J connectivity index is 1.58. The van der Waals surface area contributed by atoms with Gasteiger partial charge in [-0.05, 0) is 61.9 Å². The van der Waals surface area contributed by atoms with Crippen LogP contribution in [-0.2, 0) is 15.9 Å². The van der Waals surface area contributed by atoms with Crippen molar-refractivity contribution in [3.8, 4) is 11.5 Å². The number of aromatic nitrogens is 1. The summed E-state index contributed by atoms with van der Waals surface area (Å²) in [5.41, 5.74) is 2.93. The number of esters is 2. The molecule has 0 unspecified atom stereocenters. The third kappa shape index (κ3) is 6.06. The Hall–Kier alpha value is -3.13. The molecule has 8 nitrogen and oxygen atoms in total. The van der Waals surface area contributed by atoms with Gasteiger partial charge in [-0.15, -0.1) is 0 Å². The van der Waals surface area contributed by atoms with E-state index < -0.39 is 11.9 Å². The van der Waals surface area contributed by atoms with Crippen molar-refractivity contribution in [3.63, 3.8) is 0 Å². The van der Waals surface area contributed by atoms with Gasteiger partial charge in [0.05, 0.1) is 31.5 Å². The number of fused-ring (bicyclic) bond motifs is 3. The molecule has 1 aromatic heterocycles. The average molecular weight is 511 g/mol. The van der Waals surface area contributed by atoms with Crippen molar-refractivity contribution in [3.05, 3.63) is 52.8 Å². The molecule has 0 bridgehead atoms. The molecule has 0 saturated carbocycles. The highest BCUT2D eigenvalue weighted by molar-refractivity contribution is 5.94. The lowest BCUT2D eigenvalue weighted by molar-refractivity contribution is -0.0417. The second kappa shape index (κ2) is 11.5. The predicted molar refractivity (Wildman–Crippen MR) is 139 cm³/mol. The second-order valence-electron chi connectivity index (χ2n) is 10.7. The van der Waals surface area contributed by atoms with E-state index in [1.165, 1.54) is 29.6 Å². The maximum Gasteiger partial charge on any atom is 0.340 e. The lowest BCUT2D eigenvalue weighted by atomic mass is 9.79. The molecule has 0 aliphatic carbocycles. The Morgan fingerprint density at radius 2 is 1.68 bits per heavy atom. The molecule has 3 atom stereocenters. The number of carbonyl (C=O) groups is 2. The molecule has 1 aromatic carbocycles. The number of pyridine rings is 1. The van der Waals surface area contributed by atoms with E-state index in [4.69, 9.17) is 18.9 Å². The van der Waals surface area contributed by atoms with Crippen LogP contribution in [0.1, 0.15) is 78.4 Å². The van der Waals surface area contributed by atoms with Crippen LogP contribution < -0.4 is 9.47 Å². The molecule has 2 aliphatic rings. The van der Waals surface area contributed by atoms with Crippen molar-refractivity contribution in [2.45, 2.75) is 65.2 Å². The third-order valence-electron chi connectivity index (χ3n) is 7.15. The highest BCUT2D eigenvalue weighted by Gasteiger charge is 2.41. The maximum absolute atomic E-state index is 13.3. The quantitative estimate of drug-likeness (QED) is 0.466. The minimum atomic E-state index is -0.508. The van der Waals surface area contributed by atoms with Crippen LogP contribution >= 0.6 is 0 Å². The van der Waals surface area contributed by atoms with E-state index in [-0.39, 0.29) is 35.3 Å². The van der Waals surface area contributed by atoms with Crippen molar-refractivity contribution in [2.75, 3.05) is 27.3 Å². The van der Waals surface area contributed by atoms with E-state index in [2.05, 4.69) is 35.9 Å². The largest absolute Gasteiger partial charge is 0.493 e. The molecule has 37 heavy (non-hydrogen) atoms. The summed E-state index contributed by atoms with van der Waals surface area (Å²) in [5.74, 6) is 1.14. The first-order valence-corrected chi connectivity index (χ1v) is 13.1. The first-order chi connectivity index (χ1) is 17.7. The Labute approximate surface area is 219 Å². The van der Waals surface area contributed by atoms with Crippen LogP contribution in [0.5, 0.6) is 11.5 Å². The fourth-order valence-electron chi connectivity index (χ4n) is 5.53. The fourth-order valence-corrected chi connectivity index (χ4v) is 5.53. The summed E-state index contributed by atoms with van der Waals surface area (Å²) in [6, 6.07) is 5.76. The number of hydrogen-bond acceptors (Lipinski definition) is 8. The van der Waals surface area contributed by atoms with Crippen molar-refractivity contribution < 1.29 is 28.5 Å². The minimum absolute atomic E-state index is 0.121. The standard InChI is InChI=1S/C29H38N2O6/c1-17(2)9-22-16-31-8-7-19-11-26(34-5)27(35-6)12-23(19)24(31)13-25(22)37-29(33)21-10-20(14-30-15-21)28(32)36-18(3)4/h10-12,14-15,17-18,22,24-25H,7-9,13,16H2,1-6H3/t22-,24-,25-/m1/s1. The third-order valence-corrected chi connectivity index (χ3v) is 7.15. The Morgan fingerprint density at radius 3 is 2.32 bits per heavy atom. The number of hydrogen-bond donors (Lipinski definition) is 0. The van der Waals surface area contributed by atoms with Crippen molar-refractivity contribution in [1.29, 1.82) is 0 Å². The zero-order valence-corrected chi connectivity index (χ0v) is 22.7. The second-order valence-corrected chi connectivity index (χ2v) is 10.7. The zero-order valence-electron chi connectivity index (χ0n) is 22.7. The molecular formula is C29H38N2O6. The summed E-state index contributed by atoms with van der Waals surface area (Å²) in [6.07, 6.45) is 4.91. The van der Waals surface area contributed by atoms with E-state index in [1.807, 2.05) is 0 Å². The highest BCUT2D eigenvalue weighted by atomic mass is 16.5. The molecule has 4 rings (SSSR count). The number of methoxy groups -OCH3 is 2. The number of nitrogens with zero attached hydrogens (tertiary/aromatic N) is 2. The van der Waals surface area contributed by atoms with Gasteiger partial charge in [-0.3, -0.25) is 9.88 Å². The SMILES string of the molecule is COc1cc2c(cc1OC)[C@H]1C[C@@H](OC(=O)c3cncc(C(=O)OC(C)C)c3)[C@H](CC(C)C)CN1CC2. The number of benzene rings is 1. The summed E-state index contributed by atoms with van der Waals surface area (Å²) in [6.45, 7) is 9.75. The molecule has 0 amide bonds. The maximum atomic E-state index is 13.3.